The summed E-state index contributed by atoms with van der Waals surface area (Å²) < 4.78 is 42.9. The van der Waals surface area contributed by atoms with Crippen LogP contribution in [0.2, 0.25) is 0 Å². The largest absolute Gasteiger partial charge is 0.487 e. The number of ether oxygens (including phenoxy) is 1. The van der Waals surface area contributed by atoms with Crippen molar-refractivity contribution in [2.75, 3.05) is 0 Å². The lowest BCUT2D eigenvalue weighted by Gasteiger charge is -2.10. The highest BCUT2D eigenvalue weighted by Gasteiger charge is 2.17. The number of rotatable bonds is 4. The van der Waals surface area contributed by atoms with Gasteiger partial charge in [-0.25, -0.2) is 12.8 Å². The fourth-order valence-electron chi connectivity index (χ4n) is 1.65. The molecule has 112 valence electrons. The first-order chi connectivity index (χ1) is 9.75. The lowest BCUT2D eigenvalue weighted by molar-refractivity contribution is 0.297. The Hall–Kier alpha value is -0.630. The molecule has 0 atom stereocenters. The van der Waals surface area contributed by atoms with Gasteiger partial charge in [0.2, 0.25) is 0 Å². The van der Waals surface area contributed by atoms with Gasteiger partial charge in [-0.15, -0.1) is 0 Å². The number of benzene rings is 2. The molecule has 0 aliphatic carbocycles. The fraction of sp³-hybridized carbons (Fsp3) is 0.0769. The van der Waals surface area contributed by atoms with E-state index in [1.54, 1.807) is 12.1 Å². The zero-order valence-corrected chi connectivity index (χ0v) is 15.1. The molecule has 3 nitrogen and oxygen atoms in total. The summed E-state index contributed by atoms with van der Waals surface area (Å²) in [7, 11) is 1.43. The summed E-state index contributed by atoms with van der Waals surface area (Å²) in [5.41, 5.74) is 0.558. The molecule has 21 heavy (non-hydrogen) atoms. The van der Waals surface area contributed by atoms with Gasteiger partial charge in [-0.1, -0.05) is 31.9 Å². The van der Waals surface area contributed by atoms with Gasteiger partial charge < -0.3 is 4.74 Å². The topological polar surface area (TPSA) is 43.4 Å². The molecule has 0 N–H and O–H groups in total. The van der Waals surface area contributed by atoms with Crippen molar-refractivity contribution in [2.24, 2.45) is 0 Å². The van der Waals surface area contributed by atoms with Gasteiger partial charge in [0.15, 0.2) is 0 Å². The third-order valence-corrected chi connectivity index (χ3v) is 4.78. The van der Waals surface area contributed by atoms with E-state index in [2.05, 4.69) is 31.9 Å². The Morgan fingerprint density at radius 1 is 1.10 bits per heavy atom. The maximum atomic E-state index is 13.3. The Morgan fingerprint density at radius 3 is 2.43 bits per heavy atom. The Balaban J connectivity index is 2.28. The Bertz CT molecular complexity index is 761. The fourth-order valence-corrected chi connectivity index (χ4v) is 3.67. The molecule has 0 fully saturated rings. The molecule has 0 aliphatic rings. The summed E-state index contributed by atoms with van der Waals surface area (Å²) in [4.78, 5) is -0.144. The van der Waals surface area contributed by atoms with Crippen LogP contribution in [0.5, 0.6) is 5.75 Å². The van der Waals surface area contributed by atoms with Gasteiger partial charge in [-0.2, -0.15) is 0 Å². The number of halogens is 4. The van der Waals surface area contributed by atoms with Crippen molar-refractivity contribution < 1.29 is 17.5 Å². The average molecular weight is 459 g/mol. The number of hydrogen-bond acceptors (Lipinski definition) is 3. The highest BCUT2D eigenvalue weighted by molar-refractivity contribution is 9.10. The van der Waals surface area contributed by atoms with Crippen LogP contribution >= 0.6 is 42.5 Å². The molecule has 0 amide bonds. The summed E-state index contributed by atoms with van der Waals surface area (Å²) in [6.45, 7) is 0.0113. The van der Waals surface area contributed by atoms with Crippen molar-refractivity contribution in [3.05, 3.63) is 56.7 Å². The molecule has 0 spiro atoms. The molecule has 2 aromatic carbocycles. The highest BCUT2D eigenvalue weighted by Crippen LogP contribution is 2.30. The monoisotopic (exact) mass is 456 g/mol. The van der Waals surface area contributed by atoms with Crippen molar-refractivity contribution in [3.63, 3.8) is 0 Å². The van der Waals surface area contributed by atoms with Gasteiger partial charge >= 0.3 is 0 Å². The quantitative estimate of drug-likeness (QED) is 0.615. The second kappa shape index (κ2) is 6.64. The maximum absolute atomic E-state index is 13.3. The van der Waals surface area contributed by atoms with Gasteiger partial charge in [0.05, 0.1) is 0 Å². The van der Waals surface area contributed by atoms with Crippen LogP contribution in [-0.2, 0) is 15.7 Å². The predicted molar refractivity (Wildman–Crippen MR) is 85.6 cm³/mol. The second-order valence-electron chi connectivity index (χ2n) is 4.10. The lowest BCUT2D eigenvalue weighted by atomic mass is 10.2. The zero-order valence-electron chi connectivity index (χ0n) is 10.3. The van der Waals surface area contributed by atoms with Crippen molar-refractivity contribution in [3.8, 4) is 5.75 Å². The molecule has 2 aromatic rings. The molecule has 0 aromatic heterocycles. The minimum Gasteiger partial charge on any atom is -0.487 e. The lowest BCUT2D eigenvalue weighted by Crippen LogP contribution is -2.01. The predicted octanol–water partition coefficient (Wildman–Crippen LogP) is 4.86. The first-order valence-corrected chi connectivity index (χ1v) is 9.47. The highest BCUT2D eigenvalue weighted by atomic mass is 79.9. The SMILES string of the molecule is O=S(=O)(Cl)c1cc(Br)ccc1OCc1cc(F)cc(Br)c1. The van der Waals surface area contributed by atoms with Crippen LogP contribution in [0.3, 0.4) is 0 Å². The molecule has 0 unspecified atom stereocenters. The molecule has 0 bridgehead atoms. The molecule has 2 rings (SSSR count). The molecular formula is C13H8Br2ClFO3S. The molecule has 0 saturated carbocycles. The smallest absolute Gasteiger partial charge is 0.265 e. The van der Waals surface area contributed by atoms with E-state index in [1.807, 2.05) is 0 Å². The third kappa shape index (κ3) is 4.67. The summed E-state index contributed by atoms with van der Waals surface area (Å²) >= 11 is 6.35. The van der Waals surface area contributed by atoms with E-state index in [0.717, 1.165) is 0 Å². The van der Waals surface area contributed by atoms with Gasteiger partial charge in [0.1, 0.15) is 23.1 Å². The zero-order chi connectivity index (χ0) is 15.6. The molecule has 0 radical (unpaired) electrons. The third-order valence-electron chi connectivity index (χ3n) is 2.49. The van der Waals surface area contributed by atoms with Crippen LogP contribution in [0, 0.1) is 5.82 Å². The normalized spacial score (nSPS) is 11.4. The van der Waals surface area contributed by atoms with E-state index >= 15 is 0 Å². The molecule has 0 aliphatic heterocycles. The molecule has 8 heteroatoms. The van der Waals surface area contributed by atoms with Gasteiger partial charge in [0.25, 0.3) is 9.05 Å². The van der Waals surface area contributed by atoms with Crippen LogP contribution in [0.1, 0.15) is 5.56 Å². The molecular weight excluding hydrogens is 450 g/mol. The van der Waals surface area contributed by atoms with Crippen LogP contribution in [0.25, 0.3) is 0 Å². The molecule has 0 saturated heterocycles. The van der Waals surface area contributed by atoms with Crippen molar-refractivity contribution >= 4 is 51.6 Å². The molecule has 0 heterocycles. The Kier molecular flexibility index (Phi) is 5.29. The summed E-state index contributed by atoms with van der Waals surface area (Å²) in [5, 5.41) is 0. The van der Waals surface area contributed by atoms with E-state index in [0.29, 0.717) is 14.5 Å². The van der Waals surface area contributed by atoms with Gasteiger partial charge in [-0.05, 0) is 42.0 Å². The Morgan fingerprint density at radius 2 is 1.81 bits per heavy atom. The van der Waals surface area contributed by atoms with Crippen molar-refractivity contribution in [1.29, 1.82) is 0 Å². The standard InChI is InChI=1S/C13H8Br2ClFO3S/c14-9-1-2-12(13(6-9)21(16,18)19)20-7-8-3-10(15)5-11(17)4-8/h1-6H,7H2. The average Bonchev–Trinajstić information content (AvgIpc) is 2.35. The number of hydrogen-bond donors (Lipinski definition) is 0. The summed E-state index contributed by atoms with van der Waals surface area (Å²) in [6, 6.07) is 8.75. The minimum absolute atomic E-state index is 0.0113. The van der Waals surface area contributed by atoms with Crippen LogP contribution in [0.15, 0.2) is 50.2 Å². The second-order valence-corrected chi connectivity index (χ2v) is 8.46. The summed E-state index contributed by atoms with van der Waals surface area (Å²) in [6.07, 6.45) is 0. The van der Waals surface area contributed by atoms with E-state index in [4.69, 9.17) is 15.4 Å². The van der Waals surface area contributed by atoms with Gasteiger partial charge in [-0.3, -0.25) is 0 Å². The van der Waals surface area contributed by atoms with E-state index < -0.39 is 14.9 Å². The van der Waals surface area contributed by atoms with E-state index in [9.17, 15) is 12.8 Å². The van der Waals surface area contributed by atoms with E-state index in [-0.39, 0.29) is 17.3 Å². The van der Waals surface area contributed by atoms with Gasteiger partial charge in [0, 0.05) is 19.6 Å². The van der Waals surface area contributed by atoms with Crippen molar-refractivity contribution in [1.82, 2.24) is 0 Å². The summed E-state index contributed by atoms with van der Waals surface area (Å²) in [5.74, 6) is -0.308. The first-order valence-electron chi connectivity index (χ1n) is 5.58. The minimum atomic E-state index is -3.94. The van der Waals surface area contributed by atoms with Crippen LogP contribution in [0.4, 0.5) is 4.39 Å². The van der Waals surface area contributed by atoms with Crippen LogP contribution < -0.4 is 4.74 Å². The van der Waals surface area contributed by atoms with Crippen molar-refractivity contribution in [2.45, 2.75) is 11.5 Å². The maximum Gasteiger partial charge on any atom is 0.265 e. The Labute approximate surface area is 142 Å². The van der Waals surface area contributed by atoms with Crippen LogP contribution in [-0.4, -0.2) is 8.42 Å². The first kappa shape index (κ1) is 16.7. The van der Waals surface area contributed by atoms with E-state index in [1.165, 1.54) is 24.3 Å².